The number of furan rings is 1. The van der Waals surface area contributed by atoms with Crippen LogP contribution in [0.4, 0.5) is 4.79 Å². The lowest BCUT2D eigenvalue weighted by Crippen LogP contribution is -2.57. The Morgan fingerprint density at radius 2 is 1.71 bits per heavy atom. The van der Waals surface area contributed by atoms with E-state index in [9.17, 15) is 19.2 Å². The van der Waals surface area contributed by atoms with Crippen molar-refractivity contribution in [1.82, 2.24) is 15.1 Å². The van der Waals surface area contributed by atoms with Crippen LogP contribution >= 0.6 is 0 Å². The summed E-state index contributed by atoms with van der Waals surface area (Å²) in [5.41, 5.74) is 0.113. The van der Waals surface area contributed by atoms with Crippen molar-refractivity contribution in [3.63, 3.8) is 0 Å². The van der Waals surface area contributed by atoms with Crippen LogP contribution in [0.2, 0.25) is 0 Å². The molecule has 0 aliphatic carbocycles. The molecule has 3 rings (SSSR count). The van der Waals surface area contributed by atoms with Crippen LogP contribution in [0.15, 0.2) is 46.9 Å². The third-order valence-electron chi connectivity index (χ3n) is 7.10. The summed E-state index contributed by atoms with van der Waals surface area (Å²) < 4.78 is 16.9. The fraction of sp³-hybridized carbons (Fsp3) is 0.548. The molecule has 2 heterocycles. The fourth-order valence-electron chi connectivity index (χ4n) is 4.70. The van der Waals surface area contributed by atoms with Crippen LogP contribution < -0.4 is 5.32 Å². The number of nitrogens with zero attached hydrogens (tertiary/aromatic N) is 2. The zero-order chi connectivity index (χ0) is 30.5. The zero-order valence-corrected chi connectivity index (χ0v) is 25.3. The molecule has 2 aromatic rings. The highest BCUT2D eigenvalue weighted by molar-refractivity contribution is 5.93. The van der Waals surface area contributed by atoms with E-state index in [0.717, 1.165) is 5.56 Å². The van der Waals surface area contributed by atoms with Gasteiger partial charge < -0.3 is 24.1 Å². The van der Waals surface area contributed by atoms with E-state index in [2.05, 4.69) is 5.32 Å². The normalized spacial score (nSPS) is 18.5. The highest BCUT2D eigenvalue weighted by atomic mass is 16.6. The molecule has 1 aliphatic heterocycles. The minimum Gasteiger partial charge on any atom is -0.464 e. The maximum atomic E-state index is 14.2. The number of carbonyl (C=O) groups is 4. The van der Waals surface area contributed by atoms with Crippen molar-refractivity contribution >= 4 is 23.9 Å². The lowest BCUT2D eigenvalue weighted by Gasteiger charge is -2.34. The van der Waals surface area contributed by atoms with Crippen LogP contribution in [-0.4, -0.2) is 64.5 Å². The van der Waals surface area contributed by atoms with Crippen LogP contribution in [0.3, 0.4) is 0 Å². The minimum absolute atomic E-state index is 0.0849. The minimum atomic E-state index is -0.960. The molecule has 0 radical (unpaired) electrons. The van der Waals surface area contributed by atoms with Gasteiger partial charge in [0.15, 0.2) is 0 Å². The zero-order valence-electron chi connectivity index (χ0n) is 25.3. The first-order valence-electron chi connectivity index (χ1n) is 14.0. The van der Waals surface area contributed by atoms with E-state index < -0.39 is 53.6 Å². The van der Waals surface area contributed by atoms with Crippen molar-refractivity contribution in [3.8, 4) is 0 Å². The molecule has 1 aromatic heterocycles. The first-order chi connectivity index (χ1) is 19.2. The Balaban J connectivity index is 1.82. The van der Waals surface area contributed by atoms with Gasteiger partial charge in [-0.05, 0) is 71.1 Å². The molecule has 1 saturated heterocycles. The van der Waals surface area contributed by atoms with Gasteiger partial charge in [-0.3, -0.25) is 14.5 Å². The molecular formula is C31H43N3O7. The summed E-state index contributed by atoms with van der Waals surface area (Å²) in [7, 11) is 1.47. The number of benzene rings is 1. The van der Waals surface area contributed by atoms with Gasteiger partial charge in [-0.25, -0.2) is 9.59 Å². The summed E-state index contributed by atoms with van der Waals surface area (Å²) in [5.74, 6) is -0.501. The molecule has 1 N–H and O–H groups in total. The number of likely N-dealkylation sites (N-methyl/N-ethyl adjacent to an activating group) is 1. The second kappa shape index (κ2) is 13.2. The van der Waals surface area contributed by atoms with E-state index in [4.69, 9.17) is 13.9 Å². The molecule has 1 aliphatic rings. The van der Waals surface area contributed by atoms with Gasteiger partial charge in [-0.2, -0.15) is 0 Å². The van der Waals surface area contributed by atoms with E-state index in [1.807, 2.05) is 57.2 Å². The molecule has 0 bridgehead atoms. The third kappa shape index (κ3) is 8.11. The summed E-state index contributed by atoms with van der Waals surface area (Å²) in [5, 5.41) is 2.82. The SMILES string of the molecule is Cc1ccc([C@@H]2CC[C@@H](C(=O)OCc3ccccc3)N2C(=O)[C@@H](NC(=O)[C@H](C)N(C)C(=O)OC(C)(C)C)C(C)C)o1. The smallest absolute Gasteiger partial charge is 0.410 e. The predicted octanol–water partition coefficient (Wildman–Crippen LogP) is 4.76. The van der Waals surface area contributed by atoms with E-state index in [1.54, 1.807) is 33.8 Å². The Kier molecular flexibility index (Phi) is 10.2. The number of amides is 3. The Morgan fingerprint density at radius 1 is 1.05 bits per heavy atom. The van der Waals surface area contributed by atoms with Crippen LogP contribution in [0, 0.1) is 12.8 Å². The van der Waals surface area contributed by atoms with Gasteiger partial charge in [-0.15, -0.1) is 0 Å². The maximum Gasteiger partial charge on any atom is 0.410 e. The number of carbonyl (C=O) groups excluding carboxylic acids is 4. The van der Waals surface area contributed by atoms with Crippen molar-refractivity contribution in [2.75, 3.05) is 7.05 Å². The summed E-state index contributed by atoms with van der Waals surface area (Å²) in [6.07, 6.45) is 0.238. The molecule has 41 heavy (non-hydrogen) atoms. The fourth-order valence-corrected chi connectivity index (χ4v) is 4.70. The average molecular weight is 570 g/mol. The average Bonchev–Trinajstić information content (AvgIpc) is 3.54. The van der Waals surface area contributed by atoms with E-state index >= 15 is 0 Å². The van der Waals surface area contributed by atoms with Gasteiger partial charge in [0.25, 0.3) is 0 Å². The number of hydrogen-bond donors (Lipinski definition) is 1. The van der Waals surface area contributed by atoms with Gasteiger partial charge in [0, 0.05) is 7.05 Å². The predicted molar refractivity (Wildman–Crippen MR) is 153 cm³/mol. The molecular weight excluding hydrogens is 526 g/mol. The van der Waals surface area contributed by atoms with E-state index in [0.29, 0.717) is 24.4 Å². The number of ether oxygens (including phenoxy) is 2. The highest BCUT2D eigenvalue weighted by Crippen LogP contribution is 2.38. The quantitative estimate of drug-likeness (QED) is 0.433. The topological polar surface area (TPSA) is 118 Å². The maximum absolute atomic E-state index is 14.2. The number of aryl methyl sites for hydroxylation is 1. The third-order valence-corrected chi connectivity index (χ3v) is 7.10. The monoisotopic (exact) mass is 569 g/mol. The van der Waals surface area contributed by atoms with Crippen molar-refractivity contribution in [2.24, 2.45) is 5.92 Å². The second-order valence-electron chi connectivity index (χ2n) is 11.9. The molecule has 4 atom stereocenters. The van der Waals surface area contributed by atoms with Gasteiger partial charge in [-0.1, -0.05) is 44.2 Å². The molecule has 1 aromatic carbocycles. The Hall–Kier alpha value is -3.82. The number of nitrogens with one attached hydrogen (secondary N) is 1. The molecule has 10 nitrogen and oxygen atoms in total. The summed E-state index contributed by atoms with van der Waals surface area (Å²) in [6.45, 7) is 12.3. The Labute approximate surface area is 242 Å². The Morgan fingerprint density at radius 3 is 2.27 bits per heavy atom. The van der Waals surface area contributed by atoms with Crippen LogP contribution in [0.25, 0.3) is 0 Å². The summed E-state index contributed by atoms with van der Waals surface area (Å²) in [4.78, 5) is 56.0. The number of esters is 1. The van der Waals surface area contributed by atoms with E-state index in [-0.39, 0.29) is 12.5 Å². The number of hydrogen-bond acceptors (Lipinski definition) is 7. The van der Waals surface area contributed by atoms with Crippen LogP contribution in [0.5, 0.6) is 0 Å². The van der Waals surface area contributed by atoms with Crippen LogP contribution in [-0.2, 0) is 30.5 Å². The lowest BCUT2D eigenvalue weighted by atomic mass is 10.0. The second-order valence-corrected chi connectivity index (χ2v) is 11.9. The van der Waals surface area contributed by atoms with Gasteiger partial charge >= 0.3 is 12.1 Å². The molecule has 0 saturated carbocycles. The molecule has 224 valence electrons. The summed E-state index contributed by atoms with van der Waals surface area (Å²) in [6, 6.07) is 9.73. The van der Waals surface area contributed by atoms with Gasteiger partial charge in [0.2, 0.25) is 11.8 Å². The van der Waals surface area contributed by atoms with Crippen molar-refractivity contribution in [3.05, 3.63) is 59.5 Å². The number of rotatable bonds is 9. The lowest BCUT2D eigenvalue weighted by molar-refractivity contribution is -0.157. The highest BCUT2D eigenvalue weighted by Gasteiger charge is 2.46. The molecule has 0 unspecified atom stereocenters. The standard InChI is InChI=1S/C31H43N3O7/c1-19(2)26(32-27(35)21(4)33(8)30(38)41-31(5,6)7)28(36)34-23(25-17-14-20(3)40-25)15-16-24(34)29(37)39-18-22-12-10-9-11-13-22/h9-14,17,19,21,23-24,26H,15-16,18H2,1-8H3,(H,32,35)/t21-,23-,24-,26-/m0/s1. The van der Waals surface area contributed by atoms with Gasteiger partial charge in [0.1, 0.15) is 41.9 Å². The largest absolute Gasteiger partial charge is 0.464 e. The van der Waals surface area contributed by atoms with Crippen molar-refractivity contribution in [1.29, 1.82) is 0 Å². The molecule has 1 fully saturated rings. The van der Waals surface area contributed by atoms with Gasteiger partial charge in [0.05, 0.1) is 6.04 Å². The molecule has 3 amide bonds. The summed E-state index contributed by atoms with van der Waals surface area (Å²) >= 11 is 0. The Bertz CT molecular complexity index is 1220. The first-order valence-corrected chi connectivity index (χ1v) is 14.0. The van der Waals surface area contributed by atoms with E-state index in [1.165, 1.54) is 16.8 Å². The van der Waals surface area contributed by atoms with Crippen molar-refractivity contribution in [2.45, 2.75) is 97.7 Å². The van der Waals surface area contributed by atoms with Crippen LogP contribution in [0.1, 0.15) is 77.5 Å². The number of likely N-dealkylation sites (tertiary alicyclic amines) is 1. The molecule has 10 heteroatoms. The van der Waals surface area contributed by atoms with Crippen molar-refractivity contribution < 1.29 is 33.1 Å². The molecule has 0 spiro atoms. The first kappa shape index (κ1) is 31.7.